The molecule has 0 N–H and O–H groups in total. The smallest absolute Gasteiger partial charge is 0.241 e. The summed E-state index contributed by atoms with van der Waals surface area (Å²) < 4.78 is 10.7. The van der Waals surface area contributed by atoms with E-state index in [1.54, 1.807) is 28.6 Å². The van der Waals surface area contributed by atoms with E-state index in [4.69, 9.17) is 8.94 Å². The number of hydrogen-bond donors (Lipinski definition) is 0. The summed E-state index contributed by atoms with van der Waals surface area (Å²) in [4.78, 5) is 36.5. The van der Waals surface area contributed by atoms with Crippen molar-refractivity contribution in [2.75, 3.05) is 32.7 Å². The monoisotopic (exact) mass is 441 g/mol. The molecular weight excluding hydrogens is 418 g/mol. The first-order valence-electron chi connectivity index (χ1n) is 10.3. The van der Waals surface area contributed by atoms with Gasteiger partial charge in [-0.05, 0) is 23.6 Å². The van der Waals surface area contributed by atoms with Gasteiger partial charge in [0.2, 0.25) is 23.5 Å². The highest BCUT2D eigenvalue weighted by Gasteiger charge is 2.37. The Morgan fingerprint density at radius 2 is 2.03 bits per heavy atom. The van der Waals surface area contributed by atoms with Crippen molar-refractivity contribution in [3.05, 3.63) is 47.6 Å². The molecule has 2 aliphatic heterocycles. The van der Waals surface area contributed by atoms with Gasteiger partial charge in [-0.15, -0.1) is 11.3 Å². The van der Waals surface area contributed by atoms with Crippen LogP contribution in [0.15, 0.2) is 44.8 Å². The van der Waals surface area contributed by atoms with E-state index in [0.717, 1.165) is 23.7 Å². The molecule has 0 aromatic carbocycles. The van der Waals surface area contributed by atoms with Crippen molar-refractivity contribution in [1.82, 2.24) is 24.8 Å². The van der Waals surface area contributed by atoms with Crippen LogP contribution in [0.3, 0.4) is 0 Å². The molecule has 3 aromatic rings. The number of aromatic nitrogens is 2. The Morgan fingerprint density at radius 3 is 2.77 bits per heavy atom. The Bertz CT molecular complexity index is 1020. The first-order valence-corrected chi connectivity index (χ1v) is 11.2. The average Bonchev–Trinajstić information content (AvgIpc) is 3.57. The largest absolute Gasteiger partial charge is 0.467 e. The highest BCUT2D eigenvalue weighted by Crippen LogP contribution is 2.24. The summed E-state index contributed by atoms with van der Waals surface area (Å²) >= 11 is 1.58. The molecule has 162 valence electrons. The van der Waals surface area contributed by atoms with Gasteiger partial charge < -0.3 is 18.7 Å². The number of amides is 2. The molecule has 1 unspecified atom stereocenters. The normalized spacial score (nSPS) is 20.0. The fourth-order valence-corrected chi connectivity index (χ4v) is 4.73. The van der Waals surface area contributed by atoms with E-state index in [0.29, 0.717) is 44.4 Å². The van der Waals surface area contributed by atoms with Crippen LogP contribution in [0, 0.1) is 5.92 Å². The second-order valence-corrected chi connectivity index (χ2v) is 8.79. The lowest BCUT2D eigenvalue weighted by molar-refractivity contribution is -0.137. The van der Waals surface area contributed by atoms with E-state index in [1.807, 2.05) is 28.5 Å². The Hall–Kier alpha value is -2.98. The van der Waals surface area contributed by atoms with Gasteiger partial charge in [0.15, 0.2) is 0 Å². The predicted molar refractivity (Wildman–Crippen MR) is 112 cm³/mol. The second kappa shape index (κ2) is 8.64. The van der Waals surface area contributed by atoms with Gasteiger partial charge in [0.1, 0.15) is 5.76 Å². The lowest BCUT2D eigenvalue weighted by Gasteiger charge is -2.35. The number of thiophene rings is 1. The molecular formula is C21H23N5O4S. The van der Waals surface area contributed by atoms with E-state index in [9.17, 15) is 9.59 Å². The number of hydrogen-bond acceptors (Lipinski definition) is 8. The van der Waals surface area contributed by atoms with Gasteiger partial charge in [-0.1, -0.05) is 11.2 Å². The molecule has 31 heavy (non-hydrogen) atoms. The topological polar surface area (TPSA) is 95.9 Å². The van der Waals surface area contributed by atoms with Crippen molar-refractivity contribution < 1.29 is 18.5 Å². The summed E-state index contributed by atoms with van der Waals surface area (Å²) in [6, 6.07) is 7.57. The van der Waals surface area contributed by atoms with Crippen LogP contribution in [0.5, 0.6) is 0 Å². The zero-order valence-corrected chi connectivity index (χ0v) is 17.8. The van der Waals surface area contributed by atoms with E-state index in [1.165, 1.54) is 0 Å². The van der Waals surface area contributed by atoms with E-state index in [-0.39, 0.29) is 24.2 Å². The molecule has 0 aliphatic carbocycles. The molecule has 2 amide bonds. The van der Waals surface area contributed by atoms with Crippen LogP contribution >= 0.6 is 11.3 Å². The van der Waals surface area contributed by atoms with Crippen LogP contribution < -0.4 is 0 Å². The molecule has 0 spiro atoms. The maximum Gasteiger partial charge on any atom is 0.241 e. The lowest BCUT2D eigenvalue weighted by Crippen LogP contribution is -2.50. The molecule has 5 rings (SSSR count). The molecule has 0 bridgehead atoms. The van der Waals surface area contributed by atoms with Crippen LogP contribution in [-0.4, -0.2) is 69.4 Å². The number of nitrogens with zero attached hydrogens (tertiary/aromatic N) is 5. The van der Waals surface area contributed by atoms with Crippen molar-refractivity contribution in [2.24, 2.45) is 5.92 Å². The Kier molecular flexibility index (Phi) is 5.56. The van der Waals surface area contributed by atoms with Gasteiger partial charge in [0, 0.05) is 39.1 Å². The number of likely N-dealkylation sites (tertiary alicyclic amines) is 1. The van der Waals surface area contributed by atoms with Gasteiger partial charge >= 0.3 is 0 Å². The summed E-state index contributed by atoms with van der Waals surface area (Å²) in [6.45, 7) is 4.17. The second-order valence-electron chi connectivity index (χ2n) is 7.85. The highest BCUT2D eigenvalue weighted by atomic mass is 32.1. The Balaban J connectivity index is 1.11. The van der Waals surface area contributed by atoms with Crippen molar-refractivity contribution in [3.8, 4) is 10.7 Å². The summed E-state index contributed by atoms with van der Waals surface area (Å²) in [6.07, 6.45) is 1.86. The van der Waals surface area contributed by atoms with Crippen molar-refractivity contribution in [3.63, 3.8) is 0 Å². The van der Waals surface area contributed by atoms with Crippen molar-refractivity contribution in [1.29, 1.82) is 0 Å². The number of carbonyl (C=O) groups excluding carboxylic acids is 2. The first kappa shape index (κ1) is 20.0. The van der Waals surface area contributed by atoms with E-state index < -0.39 is 0 Å². The van der Waals surface area contributed by atoms with Gasteiger partial charge in [-0.2, -0.15) is 4.98 Å². The van der Waals surface area contributed by atoms with Crippen LogP contribution in [0.25, 0.3) is 10.7 Å². The summed E-state index contributed by atoms with van der Waals surface area (Å²) in [5, 5.41) is 6.03. The number of furan rings is 1. The van der Waals surface area contributed by atoms with Crippen LogP contribution in [0.4, 0.5) is 0 Å². The molecule has 9 nitrogen and oxygen atoms in total. The first-order chi connectivity index (χ1) is 15.2. The zero-order chi connectivity index (χ0) is 21.2. The molecule has 2 saturated heterocycles. The van der Waals surface area contributed by atoms with Crippen LogP contribution in [-0.2, 0) is 22.7 Å². The van der Waals surface area contributed by atoms with Crippen LogP contribution in [0.1, 0.15) is 18.1 Å². The SMILES string of the molecule is O=C1CC(C(=O)N2CCN(Cc3nc(-c4cccs4)no3)CC2)CN1Cc1ccco1. The molecule has 1 atom stereocenters. The predicted octanol–water partition coefficient (Wildman–Crippen LogP) is 2.08. The number of piperazine rings is 1. The number of carbonyl (C=O) groups is 2. The van der Waals surface area contributed by atoms with Crippen molar-refractivity contribution >= 4 is 23.2 Å². The molecule has 0 saturated carbocycles. The maximum atomic E-state index is 13.0. The minimum atomic E-state index is -0.279. The van der Waals surface area contributed by atoms with E-state index in [2.05, 4.69) is 15.0 Å². The van der Waals surface area contributed by atoms with Crippen LogP contribution in [0.2, 0.25) is 0 Å². The summed E-state index contributed by atoms with van der Waals surface area (Å²) in [5.41, 5.74) is 0. The Labute approximate surface area is 183 Å². The summed E-state index contributed by atoms with van der Waals surface area (Å²) in [5.74, 6) is 1.72. The zero-order valence-electron chi connectivity index (χ0n) is 17.0. The summed E-state index contributed by atoms with van der Waals surface area (Å²) in [7, 11) is 0. The molecule has 5 heterocycles. The molecule has 10 heteroatoms. The van der Waals surface area contributed by atoms with Gasteiger partial charge in [0.05, 0.1) is 30.1 Å². The molecule has 2 fully saturated rings. The minimum Gasteiger partial charge on any atom is -0.467 e. The van der Waals surface area contributed by atoms with Crippen molar-refractivity contribution in [2.45, 2.75) is 19.5 Å². The Morgan fingerprint density at radius 1 is 1.16 bits per heavy atom. The third-order valence-electron chi connectivity index (χ3n) is 5.74. The standard InChI is InChI=1S/C21H23N5O4S/c27-19-11-15(12-26(19)13-16-3-1-9-29-16)21(28)25-7-5-24(6-8-25)14-18-22-20(23-30-18)17-4-2-10-31-17/h1-4,9-10,15H,5-8,11-14H2. The third-order valence-corrected chi connectivity index (χ3v) is 6.61. The minimum absolute atomic E-state index is 0.00586. The molecule has 0 radical (unpaired) electrons. The van der Waals surface area contributed by atoms with Gasteiger partial charge in [-0.3, -0.25) is 14.5 Å². The maximum absolute atomic E-state index is 13.0. The molecule has 2 aliphatic rings. The van der Waals surface area contributed by atoms with Gasteiger partial charge in [-0.25, -0.2) is 0 Å². The number of rotatable bonds is 6. The lowest BCUT2D eigenvalue weighted by atomic mass is 10.1. The van der Waals surface area contributed by atoms with Gasteiger partial charge in [0.25, 0.3) is 0 Å². The fourth-order valence-electron chi connectivity index (χ4n) is 4.08. The third kappa shape index (κ3) is 4.40. The fraction of sp³-hybridized carbons (Fsp3) is 0.429. The quantitative estimate of drug-likeness (QED) is 0.578. The van der Waals surface area contributed by atoms with E-state index >= 15 is 0 Å². The highest BCUT2D eigenvalue weighted by molar-refractivity contribution is 7.13. The average molecular weight is 442 g/mol. The molecule has 3 aromatic heterocycles.